The third-order valence-corrected chi connectivity index (χ3v) is 5.35. The molecule has 1 amide bonds. The number of hydrogen-bond donors (Lipinski definition) is 2. The average Bonchev–Trinajstić information content (AvgIpc) is 3.03. The number of aliphatic hydroxyl groups excluding tert-OH is 1. The minimum Gasteiger partial charge on any atom is -0.390 e. The first-order valence-corrected chi connectivity index (χ1v) is 8.48. The van der Waals surface area contributed by atoms with Crippen molar-refractivity contribution < 1.29 is 19.0 Å². The van der Waals surface area contributed by atoms with Crippen molar-refractivity contribution in [1.82, 2.24) is 9.88 Å². The van der Waals surface area contributed by atoms with Crippen LogP contribution in [0, 0.1) is 5.82 Å². The predicted molar refractivity (Wildman–Crippen MR) is 87.3 cm³/mol. The van der Waals surface area contributed by atoms with E-state index in [1.165, 1.54) is 6.07 Å². The molecule has 2 N–H and O–H groups in total. The first-order chi connectivity index (χ1) is 11.6. The minimum atomic E-state index is -0.498. The second-order valence-corrected chi connectivity index (χ2v) is 6.75. The number of nitrogens with zero attached hydrogens (tertiary/aromatic N) is 1. The number of carbonyl (C=O) groups is 1. The largest absolute Gasteiger partial charge is 0.390 e. The van der Waals surface area contributed by atoms with Crippen molar-refractivity contribution in [1.29, 1.82) is 0 Å². The van der Waals surface area contributed by atoms with Crippen LogP contribution >= 0.6 is 0 Å². The summed E-state index contributed by atoms with van der Waals surface area (Å²) in [4.78, 5) is 17.3. The van der Waals surface area contributed by atoms with Gasteiger partial charge in [0.1, 0.15) is 11.5 Å². The molecule has 2 aliphatic rings. The number of halogens is 1. The van der Waals surface area contributed by atoms with Crippen LogP contribution in [0.3, 0.4) is 0 Å². The second kappa shape index (κ2) is 5.86. The van der Waals surface area contributed by atoms with Gasteiger partial charge < -0.3 is 19.7 Å². The van der Waals surface area contributed by atoms with Gasteiger partial charge >= 0.3 is 0 Å². The fraction of sp³-hybridized carbons (Fsp3) is 0.500. The van der Waals surface area contributed by atoms with E-state index in [-0.39, 0.29) is 11.7 Å². The van der Waals surface area contributed by atoms with E-state index >= 15 is 0 Å². The smallest absolute Gasteiger partial charge is 0.270 e. The van der Waals surface area contributed by atoms with Gasteiger partial charge in [-0.1, -0.05) is 12.1 Å². The molecule has 0 saturated carbocycles. The fourth-order valence-corrected chi connectivity index (χ4v) is 3.88. The lowest BCUT2D eigenvalue weighted by molar-refractivity contribution is -0.174. The number of aromatic nitrogens is 1. The fourth-order valence-electron chi connectivity index (χ4n) is 3.88. The highest BCUT2D eigenvalue weighted by atomic mass is 19.1. The monoisotopic (exact) mass is 332 g/mol. The number of rotatable bonds is 1. The Balaban J connectivity index is 1.50. The number of carbonyl (C=O) groups excluding carboxylic acids is 1. The predicted octanol–water partition coefficient (Wildman–Crippen LogP) is 2.45. The first-order valence-electron chi connectivity index (χ1n) is 8.48. The van der Waals surface area contributed by atoms with E-state index in [1.807, 2.05) is 0 Å². The molecule has 2 saturated heterocycles. The number of fused-ring (bicyclic) bond motifs is 1. The molecule has 2 aliphatic heterocycles. The van der Waals surface area contributed by atoms with Crippen LogP contribution in [0.25, 0.3) is 10.9 Å². The number of ether oxygens (including phenoxy) is 1. The van der Waals surface area contributed by atoms with Crippen LogP contribution in [-0.2, 0) is 4.74 Å². The van der Waals surface area contributed by atoms with Gasteiger partial charge in [-0.15, -0.1) is 0 Å². The lowest BCUT2D eigenvalue weighted by Crippen LogP contribution is -2.56. The van der Waals surface area contributed by atoms with Gasteiger partial charge in [0.25, 0.3) is 5.91 Å². The zero-order chi connectivity index (χ0) is 16.7. The molecule has 4 rings (SSSR count). The molecule has 0 bridgehead atoms. The first kappa shape index (κ1) is 15.6. The summed E-state index contributed by atoms with van der Waals surface area (Å²) in [6.07, 6.45) is 2.45. The molecule has 5 nitrogen and oxygen atoms in total. The second-order valence-electron chi connectivity index (χ2n) is 6.75. The van der Waals surface area contributed by atoms with Gasteiger partial charge in [-0.2, -0.15) is 0 Å². The van der Waals surface area contributed by atoms with Crippen LogP contribution in [0.5, 0.6) is 0 Å². The van der Waals surface area contributed by atoms with Gasteiger partial charge in [-0.05, 0) is 37.8 Å². The van der Waals surface area contributed by atoms with Crippen LogP contribution in [-0.4, -0.2) is 52.3 Å². The number of hydrogen-bond acceptors (Lipinski definition) is 3. The summed E-state index contributed by atoms with van der Waals surface area (Å²) in [5, 5.41) is 11.0. The molecule has 6 heteroatoms. The van der Waals surface area contributed by atoms with Gasteiger partial charge in [-0.3, -0.25) is 4.79 Å². The summed E-state index contributed by atoms with van der Waals surface area (Å²) in [5.74, 6) is -0.492. The topological polar surface area (TPSA) is 65.6 Å². The number of aliphatic hydroxyl groups is 1. The van der Waals surface area contributed by atoms with Crippen LogP contribution in [0.2, 0.25) is 0 Å². The third-order valence-electron chi connectivity index (χ3n) is 5.35. The minimum absolute atomic E-state index is 0.134. The molecule has 2 aromatic rings. The molecular weight excluding hydrogens is 311 g/mol. The number of benzene rings is 1. The Morgan fingerprint density at radius 1 is 1.38 bits per heavy atom. The van der Waals surface area contributed by atoms with Crippen molar-refractivity contribution in [2.45, 2.75) is 37.4 Å². The van der Waals surface area contributed by atoms with E-state index in [2.05, 4.69) is 4.98 Å². The number of aromatic amines is 1. The van der Waals surface area contributed by atoms with E-state index in [0.29, 0.717) is 49.1 Å². The van der Waals surface area contributed by atoms with Crippen LogP contribution in [0.4, 0.5) is 4.39 Å². The zero-order valence-corrected chi connectivity index (χ0v) is 13.4. The Bertz CT molecular complexity index is 765. The van der Waals surface area contributed by atoms with E-state index in [9.17, 15) is 14.3 Å². The Kier molecular flexibility index (Phi) is 3.81. The van der Waals surface area contributed by atoms with Gasteiger partial charge in [0.15, 0.2) is 0 Å². The Labute approximate surface area is 139 Å². The molecule has 1 unspecified atom stereocenters. The molecule has 0 radical (unpaired) electrons. The maximum absolute atomic E-state index is 13.8. The molecule has 2 fully saturated rings. The summed E-state index contributed by atoms with van der Waals surface area (Å²) in [6, 6.07) is 6.48. The summed E-state index contributed by atoms with van der Waals surface area (Å²) in [5.41, 5.74) is 0.262. The van der Waals surface area contributed by atoms with E-state index in [0.717, 1.165) is 12.8 Å². The van der Waals surface area contributed by atoms with Crippen molar-refractivity contribution in [3.05, 3.63) is 35.8 Å². The highest BCUT2D eigenvalue weighted by Crippen LogP contribution is 2.35. The lowest BCUT2D eigenvalue weighted by atomic mass is 9.82. The summed E-state index contributed by atoms with van der Waals surface area (Å²) >= 11 is 0. The van der Waals surface area contributed by atoms with E-state index in [4.69, 9.17) is 4.74 Å². The Morgan fingerprint density at radius 2 is 2.17 bits per heavy atom. The van der Waals surface area contributed by atoms with Crippen molar-refractivity contribution >= 4 is 16.8 Å². The van der Waals surface area contributed by atoms with Crippen molar-refractivity contribution in [2.24, 2.45) is 0 Å². The van der Waals surface area contributed by atoms with Crippen LogP contribution in [0.15, 0.2) is 24.3 Å². The lowest BCUT2D eigenvalue weighted by Gasteiger charge is -2.46. The molecule has 1 atom stereocenters. The zero-order valence-electron chi connectivity index (χ0n) is 13.4. The van der Waals surface area contributed by atoms with Gasteiger partial charge in [-0.25, -0.2) is 4.39 Å². The SMILES string of the molecule is O=C(c1cc2cccc(F)c2[nH]1)N1CCC2(CC1)OCCCC2O. The van der Waals surface area contributed by atoms with Gasteiger partial charge in [0.05, 0.1) is 17.2 Å². The number of para-hydroxylation sites is 1. The number of piperidine rings is 1. The standard InChI is InChI=1S/C18H21FN2O3/c19-13-4-1-3-12-11-14(20-16(12)13)17(23)21-8-6-18(7-9-21)15(22)5-2-10-24-18/h1,3-4,11,15,20,22H,2,5-10H2. The quantitative estimate of drug-likeness (QED) is 0.843. The van der Waals surface area contributed by atoms with E-state index < -0.39 is 11.7 Å². The Hall–Kier alpha value is -1.92. The molecular formula is C18H21FN2O3. The molecule has 1 aromatic carbocycles. The summed E-state index contributed by atoms with van der Waals surface area (Å²) in [7, 11) is 0. The van der Waals surface area contributed by atoms with Crippen LogP contribution < -0.4 is 0 Å². The highest BCUT2D eigenvalue weighted by molar-refractivity contribution is 5.98. The average molecular weight is 332 g/mol. The van der Waals surface area contributed by atoms with E-state index in [1.54, 1.807) is 23.1 Å². The normalized spacial score (nSPS) is 23.8. The summed E-state index contributed by atoms with van der Waals surface area (Å²) in [6.45, 7) is 1.74. The molecule has 1 aromatic heterocycles. The highest BCUT2D eigenvalue weighted by Gasteiger charge is 2.44. The van der Waals surface area contributed by atoms with Crippen molar-refractivity contribution in [3.8, 4) is 0 Å². The van der Waals surface area contributed by atoms with Gasteiger partial charge in [0, 0.05) is 25.1 Å². The molecule has 128 valence electrons. The molecule has 1 spiro atoms. The van der Waals surface area contributed by atoms with Crippen molar-refractivity contribution in [2.75, 3.05) is 19.7 Å². The number of likely N-dealkylation sites (tertiary alicyclic amines) is 1. The molecule has 0 aliphatic carbocycles. The maximum Gasteiger partial charge on any atom is 0.270 e. The number of nitrogens with one attached hydrogen (secondary N) is 1. The molecule has 24 heavy (non-hydrogen) atoms. The number of amides is 1. The van der Waals surface area contributed by atoms with Crippen molar-refractivity contribution in [3.63, 3.8) is 0 Å². The number of H-pyrrole nitrogens is 1. The third kappa shape index (κ3) is 2.50. The maximum atomic E-state index is 13.8. The van der Waals surface area contributed by atoms with Gasteiger partial charge in [0.2, 0.25) is 0 Å². The Morgan fingerprint density at radius 3 is 2.88 bits per heavy atom. The summed E-state index contributed by atoms with van der Waals surface area (Å²) < 4.78 is 19.7. The molecule has 3 heterocycles. The van der Waals surface area contributed by atoms with Crippen LogP contribution in [0.1, 0.15) is 36.2 Å².